The number of rotatable bonds is 3. The number of thiophene rings is 1. The number of benzene rings is 1. The third-order valence-corrected chi connectivity index (χ3v) is 3.48. The molecule has 0 saturated heterocycles. The predicted molar refractivity (Wildman–Crippen MR) is 69.1 cm³/mol. The largest absolute Gasteiger partial charge is 0.330 e. The van der Waals surface area contributed by atoms with Crippen LogP contribution in [0.5, 0.6) is 0 Å². The molecule has 2 heteroatoms. The van der Waals surface area contributed by atoms with Gasteiger partial charge < -0.3 is 5.73 Å². The first-order chi connectivity index (χ1) is 7.33. The third-order valence-electron chi connectivity index (χ3n) is 2.52. The van der Waals surface area contributed by atoms with Gasteiger partial charge in [0.25, 0.3) is 0 Å². The second-order valence-electron chi connectivity index (χ2n) is 3.61. The number of allylic oxidation sites excluding steroid dienone is 1. The fourth-order valence-corrected chi connectivity index (χ4v) is 2.69. The summed E-state index contributed by atoms with van der Waals surface area (Å²) in [5.41, 5.74) is 8.18. The van der Waals surface area contributed by atoms with Gasteiger partial charge in [0.2, 0.25) is 0 Å². The van der Waals surface area contributed by atoms with E-state index < -0.39 is 0 Å². The molecule has 0 bridgehead atoms. The second-order valence-corrected chi connectivity index (χ2v) is 4.53. The Morgan fingerprint density at radius 2 is 2.27 bits per heavy atom. The summed E-state index contributed by atoms with van der Waals surface area (Å²) in [4.78, 5) is 0. The summed E-state index contributed by atoms with van der Waals surface area (Å²) in [6.45, 7) is 2.88. The maximum Gasteiger partial charge on any atom is 0.0417 e. The summed E-state index contributed by atoms with van der Waals surface area (Å²) >= 11 is 1.80. The van der Waals surface area contributed by atoms with Crippen molar-refractivity contribution in [3.8, 4) is 0 Å². The van der Waals surface area contributed by atoms with Crippen molar-refractivity contribution in [2.45, 2.75) is 13.3 Å². The van der Waals surface area contributed by atoms with E-state index in [1.807, 2.05) is 0 Å². The number of nitrogens with two attached hydrogens (primary N) is 1. The molecule has 2 N–H and O–H groups in total. The van der Waals surface area contributed by atoms with Crippen LogP contribution in [-0.2, 0) is 0 Å². The molecule has 2 aromatic rings. The number of hydrogen-bond acceptors (Lipinski definition) is 2. The quantitative estimate of drug-likeness (QED) is 0.834. The molecule has 78 valence electrons. The normalized spacial score (nSPS) is 12.3. The average Bonchev–Trinajstić information content (AvgIpc) is 2.73. The maximum atomic E-state index is 5.51. The zero-order valence-electron chi connectivity index (χ0n) is 8.86. The molecule has 0 aliphatic carbocycles. The zero-order valence-corrected chi connectivity index (χ0v) is 9.68. The summed E-state index contributed by atoms with van der Waals surface area (Å²) in [7, 11) is 0. The lowest BCUT2D eigenvalue weighted by atomic mass is 10.0. The van der Waals surface area contributed by atoms with Gasteiger partial charge >= 0.3 is 0 Å². The smallest absolute Gasteiger partial charge is 0.0417 e. The molecule has 0 saturated carbocycles. The second kappa shape index (κ2) is 4.60. The van der Waals surface area contributed by atoms with Crippen molar-refractivity contribution >= 4 is 27.0 Å². The van der Waals surface area contributed by atoms with Crippen LogP contribution in [0.1, 0.15) is 18.9 Å². The molecular weight excluding hydrogens is 202 g/mol. The van der Waals surface area contributed by atoms with Gasteiger partial charge in [-0.25, -0.2) is 0 Å². The highest BCUT2D eigenvalue weighted by Crippen LogP contribution is 2.29. The van der Waals surface area contributed by atoms with E-state index in [-0.39, 0.29) is 0 Å². The van der Waals surface area contributed by atoms with Crippen LogP contribution < -0.4 is 5.73 Å². The minimum Gasteiger partial charge on any atom is -0.330 e. The van der Waals surface area contributed by atoms with Gasteiger partial charge in [-0.1, -0.05) is 24.3 Å². The van der Waals surface area contributed by atoms with Gasteiger partial charge in [-0.3, -0.25) is 0 Å². The van der Waals surface area contributed by atoms with Crippen molar-refractivity contribution in [1.82, 2.24) is 0 Å². The van der Waals surface area contributed by atoms with Gasteiger partial charge in [0.15, 0.2) is 0 Å². The molecule has 0 spiro atoms. The van der Waals surface area contributed by atoms with Crippen LogP contribution in [-0.4, -0.2) is 6.54 Å². The Labute approximate surface area is 94.2 Å². The zero-order chi connectivity index (χ0) is 10.7. The highest BCUT2D eigenvalue weighted by molar-refractivity contribution is 7.17. The van der Waals surface area contributed by atoms with Crippen molar-refractivity contribution in [3.05, 3.63) is 41.3 Å². The Balaban J connectivity index is 2.46. The highest BCUT2D eigenvalue weighted by atomic mass is 32.1. The lowest BCUT2D eigenvalue weighted by molar-refractivity contribution is 1.01. The maximum absolute atomic E-state index is 5.51. The molecule has 2 rings (SSSR count). The van der Waals surface area contributed by atoms with Gasteiger partial charge in [0.1, 0.15) is 0 Å². The van der Waals surface area contributed by atoms with Crippen molar-refractivity contribution in [3.63, 3.8) is 0 Å². The minimum absolute atomic E-state index is 0.720. The van der Waals surface area contributed by atoms with Gasteiger partial charge in [-0.15, -0.1) is 11.3 Å². The van der Waals surface area contributed by atoms with Gasteiger partial charge in [0, 0.05) is 4.70 Å². The molecule has 0 amide bonds. The number of fused-ring (bicyclic) bond motifs is 1. The first-order valence-corrected chi connectivity index (χ1v) is 6.04. The SMILES string of the molecule is C/C(=C/CCN)c1cccc2ccsc12. The fourth-order valence-electron chi connectivity index (χ4n) is 1.71. The Bertz CT molecular complexity index is 482. The van der Waals surface area contributed by atoms with Crippen LogP contribution in [0, 0.1) is 0 Å². The Kier molecular flexibility index (Phi) is 3.19. The molecule has 0 unspecified atom stereocenters. The Morgan fingerprint density at radius 1 is 1.40 bits per heavy atom. The molecule has 0 radical (unpaired) electrons. The molecule has 1 heterocycles. The molecule has 15 heavy (non-hydrogen) atoms. The average molecular weight is 217 g/mol. The summed E-state index contributed by atoms with van der Waals surface area (Å²) in [5.74, 6) is 0. The van der Waals surface area contributed by atoms with E-state index in [0.29, 0.717) is 0 Å². The molecule has 0 aliphatic heterocycles. The molecule has 1 aromatic carbocycles. The fraction of sp³-hybridized carbons (Fsp3) is 0.231. The molecule has 0 aliphatic rings. The number of hydrogen-bond donors (Lipinski definition) is 1. The van der Waals surface area contributed by atoms with E-state index >= 15 is 0 Å². The molecule has 1 nitrogen and oxygen atoms in total. The topological polar surface area (TPSA) is 26.0 Å². The third kappa shape index (κ3) is 2.11. The van der Waals surface area contributed by atoms with Crippen molar-refractivity contribution in [1.29, 1.82) is 0 Å². The summed E-state index contributed by atoms with van der Waals surface area (Å²) in [5, 5.41) is 3.47. The van der Waals surface area contributed by atoms with Gasteiger partial charge in [-0.2, -0.15) is 0 Å². The standard InChI is InChI=1S/C13H15NS/c1-10(4-3-8-14)12-6-2-5-11-7-9-15-13(11)12/h2,4-7,9H,3,8,14H2,1H3/b10-4-. The van der Waals surface area contributed by atoms with Crippen LogP contribution >= 0.6 is 11.3 Å². The molecule has 0 atom stereocenters. The summed E-state index contributed by atoms with van der Waals surface area (Å²) in [6, 6.07) is 8.62. The van der Waals surface area contributed by atoms with Gasteiger partial charge in [-0.05, 0) is 47.9 Å². The lowest BCUT2D eigenvalue weighted by Gasteiger charge is -2.03. The Hall–Kier alpha value is -1.12. The van der Waals surface area contributed by atoms with E-state index in [1.54, 1.807) is 11.3 Å². The van der Waals surface area contributed by atoms with E-state index in [9.17, 15) is 0 Å². The molecule has 1 aromatic heterocycles. The van der Waals surface area contributed by atoms with Crippen molar-refractivity contribution in [2.75, 3.05) is 6.54 Å². The minimum atomic E-state index is 0.720. The van der Waals surface area contributed by atoms with E-state index in [4.69, 9.17) is 5.73 Å². The van der Waals surface area contributed by atoms with Crippen LogP contribution in [0.15, 0.2) is 35.7 Å². The molecular formula is C13H15NS. The van der Waals surface area contributed by atoms with Crippen molar-refractivity contribution in [2.24, 2.45) is 5.73 Å². The van der Waals surface area contributed by atoms with E-state index in [0.717, 1.165) is 13.0 Å². The van der Waals surface area contributed by atoms with Crippen LogP contribution in [0.3, 0.4) is 0 Å². The van der Waals surface area contributed by atoms with Crippen molar-refractivity contribution < 1.29 is 0 Å². The summed E-state index contributed by atoms with van der Waals surface area (Å²) < 4.78 is 1.38. The predicted octanol–water partition coefficient (Wildman–Crippen LogP) is 3.65. The lowest BCUT2D eigenvalue weighted by Crippen LogP contribution is -1.95. The monoisotopic (exact) mass is 217 g/mol. The van der Waals surface area contributed by atoms with E-state index in [1.165, 1.54) is 21.2 Å². The Morgan fingerprint density at radius 3 is 3.07 bits per heavy atom. The van der Waals surface area contributed by atoms with Crippen LogP contribution in [0.4, 0.5) is 0 Å². The highest BCUT2D eigenvalue weighted by Gasteiger charge is 2.02. The van der Waals surface area contributed by atoms with Gasteiger partial charge in [0.05, 0.1) is 0 Å². The van der Waals surface area contributed by atoms with Crippen LogP contribution in [0.2, 0.25) is 0 Å². The van der Waals surface area contributed by atoms with Crippen LogP contribution in [0.25, 0.3) is 15.7 Å². The molecule has 0 fully saturated rings. The first kappa shape index (κ1) is 10.4. The summed E-state index contributed by atoms with van der Waals surface area (Å²) in [6.07, 6.45) is 3.17. The first-order valence-electron chi connectivity index (χ1n) is 5.16. The van der Waals surface area contributed by atoms with E-state index in [2.05, 4.69) is 42.6 Å².